The fourth-order valence-corrected chi connectivity index (χ4v) is 4.85. The average Bonchev–Trinajstić information content (AvgIpc) is 3.31. The maximum Gasteiger partial charge on any atom is 0.423 e. The van der Waals surface area contributed by atoms with E-state index in [1.165, 1.54) is 16.8 Å². The highest BCUT2D eigenvalue weighted by Crippen LogP contribution is 2.39. The monoisotopic (exact) mass is 650 g/mol. The Morgan fingerprint density at radius 2 is 1.70 bits per heavy atom. The topological polar surface area (TPSA) is 209 Å². The van der Waals surface area contributed by atoms with Gasteiger partial charge in [0.05, 0.1) is 25.4 Å². The lowest BCUT2D eigenvalue weighted by molar-refractivity contribution is -0.139. The van der Waals surface area contributed by atoms with Crippen LogP contribution in [0.25, 0.3) is 0 Å². The van der Waals surface area contributed by atoms with E-state index in [0.29, 0.717) is 10.8 Å². The van der Waals surface area contributed by atoms with Crippen molar-refractivity contribution in [3.63, 3.8) is 0 Å². The maximum atomic E-state index is 12.6. The SMILES string of the molecule is O=c1[nH]c(=O)n([C@H]2C[C@H](O)[C@@H](CO)O2)cc1C(F)(F)F.O=c1ccn([C@@]2(I)C[C@H](O)[C@@H](CO)O2)c(=O)[nH]1. The van der Waals surface area contributed by atoms with Crippen LogP contribution in [-0.4, -0.2) is 77.2 Å². The molecule has 2 fully saturated rings. The molecule has 6 atom stereocenters. The number of aliphatic hydroxyl groups is 4. The molecule has 4 rings (SSSR count). The van der Waals surface area contributed by atoms with Crippen LogP contribution in [0.5, 0.6) is 0 Å². The van der Waals surface area contributed by atoms with Gasteiger partial charge in [0.2, 0.25) is 3.73 Å². The Labute approximate surface area is 217 Å². The van der Waals surface area contributed by atoms with Gasteiger partial charge in [-0.3, -0.25) is 28.7 Å². The Bertz CT molecular complexity index is 1340. The van der Waals surface area contributed by atoms with Crippen molar-refractivity contribution in [1.29, 1.82) is 0 Å². The molecule has 2 aliphatic heterocycles. The van der Waals surface area contributed by atoms with Crippen LogP contribution in [0.15, 0.2) is 37.6 Å². The van der Waals surface area contributed by atoms with Gasteiger partial charge in [-0.25, -0.2) is 9.59 Å². The lowest BCUT2D eigenvalue weighted by Crippen LogP contribution is -2.40. The molecule has 0 amide bonds. The van der Waals surface area contributed by atoms with Gasteiger partial charge in [-0.2, -0.15) is 13.2 Å². The summed E-state index contributed by atoms with van der Waals surface area (Å²) in [5.74, 6) is 0. The van der Waals surface area contributed by atoms with Crippen LogP contribution in [0.1, 0.15) is 24.6 Å². The quantitative estimate of drug-likeness (QED) is 0.157. The number of hydrogen-bond donors (Lipinski definition) is 6. The number of H-pyrrole nitrogens is 2. The summed E-state index contributed by atoms with van der Waals surface area (Å²) in [6.45, 7) is -0.869. The van der Waals surface area contributed by atoms with Gasteiger partial charge in [0.1, 0.15) is 24.0 Å². The number of halogens is 4. The van der Waals surface area contributed by atoms with Crippen molar-refractivity contribution in [2.45, 2.75) is 53.4 Å². The van der Waals surface area contributed by atoms with Crippen molar-refractivity contribution >= 4 is 22.6 Å². The first-order chi connectivity index (χ1) is 17.2. The molecule has 206 valence electrons. The summed E-state index contributed by atoms with van der Waals surface area (Å²) in [6, 6.07) is 1.20. The van der Waals surface area contributed by atoms with Crippen molar-refractivity contribution < 1.29 is 43.1 Å². The number of alkyl halides is 4. The van der Waals surface area contributed by atoms with E-state index in [1.807, 2.05) is 22.6 Å². The highest BCUT2D eigenvalue weighted by molar-refractivity contribution is 14.1. The molecule has 2 aromatic rings. The second-order valence-corrected chi connectivity index (χ2v) is 9.79. The largest absolute Gasteiger partial charge is 0.423 e. The van der Waals surface area contributed by atoms with Crippen LogP contribution in [-0.2, 0) is 19.4 Å². The lowest BCUT2D eigenvalue weighted by Gasteiger charge is -2.24. The standard InChI is InChI=1S/C10H11F3N2O5.C9H11IN2O5/c11-10(12,13)4-2-15(9(19)14-8(4)18)7-1-5(17)6(3-16)20-7;10-9(3-5(14)6(4-13)17-9)12-2-1-7(15)11-8(12)16/h2,5-7,16-17H,1,3H2,(H,14,18,19);1-2,5-6,13-14H,3-4H2,(H,11,15,16)/t5-,6+,7+;5-,6+,9-/m00/s1. The van der Waals surface area contributed by atoms with Gasteiger partial charge in [-0.15, -0.1) is 0 Å². The molecular weight excluding hydrogens is 628 g/mol. The van der Waals surface area contributed by atoms with Gasteiger partial charge in [0, 0.05) is 31.3 Å². The molecule has 0 aromatic carbocycles. The van der Waals surface area contributed by atoms with Crippen LogP contribution in [0.2, 0.25) is 0 Å². The van der Waals surface area contributed by atoms with Crippen LogP contribution in [0, 0.1) is 0 Å². The second kappa shape index (κ2) is 11.2. The minimum atomic E-state index is -4.92. The van der Waals surface area contributed by atoms with Crippen LogP contribution in [0.3, 0.4) is 0 Å². The van der Waals surface area contributed by atoms with Crippen LogP contribution in [0.4, 0.5) is 13.2 Å². The minimum absolute atomic E-state index is 0.157. The summed E-state index contributed by atoms with van der Waals surface area (Å²) in [7, 11) is 0. The number of aliphatic hydroxyl groups excluding tert-OH is 4. The third-order valence-corrected chi connectivity index (χ3v) is 6.77. The van der Waals surface area contributed by atoms with E-state index >= 15 is 0 Å². The first-order valence-electron chi connectivity index (χ1n) is 10.6. The molecule has 6 N–H and O–H groups in total. The van der Waals surface area contributed by atoms with Gasteiger partial charge in [-0.05, 0) is 22.6 Å². The third kappa shape index (κ3) is 6.38. The summed E-state index contributed by atoms with van der Waals surface area (Å²) in [6.07, 6.45) is -8.16. The first kappa shape index (κ1) is 29.2. The Morgan fingerprint density at radius 3 is 2.22 bits per heavy atom. The van der Waals surface area contributed by atoms with E-state index in [0.717, 1.165) is 0 Å². The number of hydrogen-bond acceptors (Lipinski definition) is 10. The summed E-state index contributed by atoms with van der Waals surface area (Å²) in [5, 5.41) is 37.0. The predicted octanol–water partition coefficient (Wildman–Crippen LogP) is -2.08. The summed E-state index contributed by atoms with van der Waals surface area (Å²) < 4.78 is 49.0. The van der Waals surface area contributed by atoms with Crippen molar-refractivity contribution in [2.75, 3.05) is 13.2 Å². The molecule has 14 nitrogen and oxygen atoms in total. The normalized spacial score (nSPS) is 29.7. The van der Waals surface area contributed by atoms with Crippen molar-refractivity contribution in [2.24, 2.45) is 0 Å². The van der Waals surface area contributed by atoms with E-state index in [-0.39, 0.29) is 19.4 Å². The third-order valence-electron chi connectivity index (χ3n) is 5.55. The number of rotatable bonds is 4. The average molecular weight is 650 g/mol. The lowest BCUT2D eigenvalue weighted by atomic mass is 10.2. The highest BCUT2D eigenvalue weighted by atomic mass is 127. The highest BCUT2D eigenvalue weighted by Gasteiger charge is 2.46. The van der Waals surface area contributed by atoms with Crippen LogP contribution >= 0.6 is 22.6 Å². The smallest absolute Gasteiger partial charge is 0.394 e. The molecule has 0 spiro atoms. The molecule has 18 heteroatoms. The molecule has 2 saturated heterocycles. The van der Waals surface area contributed by atoms with E-state index in [1.54, 1.807) is 4.98 Å². The summed E-state index contributed by atoms with van der Waals surface area (Å²) >= 11 is 1.87. The van der Waals surface area contributed by atoms with E-state index in [2.05, 4.69) is 4.98 Å². The van der Waals surface area contributed by atoms with Crippen molar-refractivity contribution in [3.05, 3.63) is 65.7 Å². The summed E-state index contributed by atoms with van der Waals surface area (Å²) in [4.78, 5) is 48.9. The Balaban J connectivity index is 0.000000208. The molecule has 0 unspecified atom stereocenters. The first-order valence-corrected chi connectivity index (χ1v) is 11.6. The van der Waals surface area contributed by atoms with Gasteiger partial charge in [0.15, 0.2) is 0 Å². The minimum Gasteiger partial charge on any atom is -0.394 e. The van der Waals surface area contributed by atoms with Gasteiger partial charge in [-0.1, -0.05) is 0 Å². The Kier molecular flexibility index (Phi) is 8.82. The zero-order chi connectivity index (χ0) is 27.7. The van der Waals surface area contributed by atoms with Crippen LogP contribution < -0.4 is 22.5 Å². The van der Waals surface area contributed by atoms with Crippen molar-refractivity contribution in [1.82, 2.24) is 19.1 Å². The predicted molar refractivity (Wildman–Crippen MR) is 124 cm³/mol. The van der Waals surface area contributed by atoms with E-state index in [4.69, 9.17) is 19.7 Å². The zero-order valence-corrected chi connectivity index (χ0v) is 20.7. The number of ether oxygens (including phenoxy) is 2. The molecular formula is C19H22F3IN4O10. The molecule has 37 heavy (non-hydrogen) atoms. The summed E-state index contributed by atoms with van der Waals surface area (Å²) in [5.41, 5.74) is -5.28. The second-order valence-electron chi connectivity index (χ2n) is 8.10. The molecule has 0 radical (unpaired) electrons. The molecule has 0 aliphatic carbocycles. The molecule has 2 aliphatic rings. The Morgan fingerprint density at radius 1 is 1.05 bits per heavy atom. The van der Waals surface area contributed by atoms with E-state index in [9.17, 15) is 42.6 Å². The van der Waals surface area contributed by atoms with Gasteiger partial charge in [0.25, 0.3) is 11.1 Å². The maximum absolute atomic E-state index is 12.6. The number of nitrogens with zero attached hydrogens (tertiary/aromatic N) is 2. The number of aromatic nitrogens is 4. The fraction of sp³-hybridized carbons (Fsp3) is 0.579. The van der Waals surface area contributed by atoms with Gasteiger partial charge >= 0.3 is 17.6 Å². The number of nitrogens with one attached hydrogen (secondary N) is 2. The molecule has 0 bridgehead atoms. The van der Waals surface area contributed by atoms with Gasteiger partial charge < -0.3 is 29.9 Å². The Hall–Kier alpha value is -2.36. The zero-order valence-electron chi connectivity index (χ0n) is 18.6. The molecule has 2 aromatic heterocycles. The fourth-order valence-electron chi connectivity index (χ4n) is 3.69. The molecule has 0 saturated carbocycles. The van der Waals surface area contributed by atoms with Crippen molar-refractivity contribution in [3.8, 4) is 0 Å². The molecule has 4 heterocycles. The van der Waals surface area contributed by atoms with E-state index < -0.39 is 75.2 Å². The number of aromatic amines is 2.